The highest BCUT2D eigenvalue weighted by atomic mass is 32.1. The average Bonchev–Trinajstić information content (AvgIpc) is 3.03. The second kappa shape index (κ2) is 7.53. The number of hydrogen-bond acceptors (Lipinski definition) is 5. The maximum absolute atomic E-state index is 5.84. The topological polar surface area (TPSA) is 47.0 Å². The highest BCUT2D eigenvalue weighted by Gasteiger charge is 2.28. The van der Waals surface area contributed by atoms with Crippen LogP contribution in [0.3, 0.4) is 0 Å². The summed E-state index contributed by atoms with van der Waals surface area (Å²) in [6, 6.07) is 2.89. The van der Waals surface area contributed by atoms with Crippen LogP contribution in [0.1, 0.15) is 81.1 Å². The van der Waals surface area contributed by atoms with Crippen LogP contribution < -0.4 is 5.32 Å². The molecule has 1 aliphatic heterocycles. The van der Waals surface area contributed by atoms with Crippen molar-refractivity contribution in [2.45, 2.75) is 89.8 Å². The fourth-order valence-electron chi connectivity index (χ4n) is 4.49. The van der Waals surface area contributed by atoms with E-state index in [0.717, 1.165) is 43.4 Å². The minimum absolute atomic E-state index is 0.0244. The van der Waals surface area contributed by atoms with Crippen molar-refractivity contribution in [2.24, 2.45) is 0 Å². The molecule has 1 N–H and O–H groups in total. The Morgan fingerprint density at radius 3 is 2.77 bits per heavy atom. The Bertz CT molecular complexity index is 764. The van der Waals surface area contributed by atoms with Crippen LogP contribution in [0.25, 0.3) is 10.2 Å². The van der Waals surface area contributed by atoms with E-state index in [-0.39, 0.29) is 5.60 Å². The van der Waals surface area contributed by atoms with Gasteiger partial charge in [-0.1, -0.05) is 19.3 Å². The lowest BCUT2D eigenvalue weighted by Gasteiger charge is -2.36. The third-order valence-corrected chi connectivity index (χ3v) is 7.06. The Balaban J connectivity index is 1.53. The van der Waals surface area contributed by atoms with E-state index in [1.165, 1.54) is 47.2 Å². The Morgan fingerprint density at radius 1 is 1.19 bits per heavy atom. The molecule has 26 heavy (non-hydrogen) atoms. The molecule has 2 fully saturated rings. The number of nitrogens with one attached hydrogen (secondary N) is 1. The number of thiophene rings is 1. The Labute approximate surface area is 160 Å². The monoisotopic (exact) mass is 373 g/mol. The number of aryl methyl sites for hydroxylation is 1. The van der Waals surface area contributed by atoms with Gasteiger partial charge in [-0.3, -0.25) is 0 Å². The predicted molar refractivity (Wildman–Crippen MR) is 108 cm³/mol. The van der Waals surface area contributed by atoms with Crippen molar-refractivity contribution < 1.29 is 4.74 Å². The molecule has 0 bridgehead atoms. The van der Waals surface area contributed by atoms with Crippen molar-refractivity contribution >= 4 is 21.6 Å². The van der Waals surface area contributed by atoms with Crippen LogP contribution in [-0.2, 0) is 11.3 Å². The first-order valence-corrected chi connectivity index (χ1v) is 11.0. The zero-order valence-corrected chi connectivity index (χ0v) is 17.1. The summed E-state index contributed by atoms with van der Waals surface area (Å²) >= 11 is 1.89. The summed E-state index contributed by atoms with van der Waals surface area (Å²) in [4.78, 5) is 12.2. The second-order valence-corrected chi connectivity index (χ2v) is 9.66. The van der Waals surface area contributed by atoms with Gasteiger partial charge in [-0.15, -0.1) is 11.3 Å². The molecule has 1 saturated carbocycles. The van der Waals surface area contributed by atoms with Crippen LogP contribution in [-0.4, -0.2) is 28.2 Å². The Morgan fingerprint density at radius 2 is 2.00 bits per heavy atom. The zero-order chi connectivity index (χ0) is 18.1. The van der Waals surface area contributed by atoms with E-state index in [1.54, 1.807) is 0 Å². The van der Waals surface area contributed by atoms with Gasteiger partial charge in [0.05, 0.1) is 11.3 Å². The molecule has 4 nitrogen and oxygen atoms in total. The minimum Gasteiger partial charge on any atom is -0.375 e. The van der Waals surface area contributed by atoms with Gasteiger partial charge in [-0.2, -0.15) is 0 Å². The molecule has 1 unspecified atom stereocenters. The molecule has 0 aromatic carbocycles. The number of nitrogens with zero attached hydrogens (tertiary/aromatic N) is 2. The van der Waals surface area contributed by atoms with Gasteiger partial charge < -0.3 is 10.1 Å². The van der Waals surface area contributed by atoms with Gasteiger partial charge in [0.25, 0.3) is 0 Å². The molecule has 0 amide bonds. The van der Waals surface area contributed by atoms with Crippen molar-refractivity contribution in [2.75, 3.05) is 6.61 Å². The van der Waals surface area contributed by atoms with Crippen LogP contribution in [0.15, 0.2) is 6.07 Å². The number of ether oxygens (including phenoxy) is 1. The molecule has 1 atom stereocenters. The molecule has 2 aromatic heterocycles. The lowest BCUT2D eigenvalue weighted by Crippen LogP contribution is -2.43. The van der Waals surface area contributed by atoms with Gasteiger partial charge in [0, 0.05) is 29.5 Å². The molecule has 5 heteroatoms. The first-order valence-electron chi connectivity index (χ1n) is 10.1. The Hall–Kier alpha value is -1.04. The van der Waals surface area contributed by atoms with Gasteiger partial charge in [0.2, 0.25) is 0 Å². The first-order chi connectivity index (χ1) is 12.5. The lowest BCUT2D eigenvalue weighted by atomic mass is 9.88. The number of fused-ring (bicyclic) bond motifs is 1. The third-order valence-electron chi connectivity index (χ3n) is 5.87. The van der Waals surface area contributed by atoms with Crippen LogP contribution in [0.4, 0.5) is 0 Å². The van der Waals surface area contributed by atoms with E-state index < -0.39 is 0 Å². The highest BCUT2D eigenvalue weighted by molar-refractivity contribution is 7.18. The maximum Gasteiger partial charge on any atom is 0.127 e. The molecule has 0 spiro atoms. The van der Waals surface area contributed by atoms with Crippen LogP contribution in [0.2, 0.25) is 0 Å². The van der Waals surface area contributed by atoms with Crippen molar-refractivity contribution in [3.63, 3.8) is 0 Å². The highest BCUT2D eigenvalue weighted by Crippen LogP contribution is 2.39. The van der Waals surface area contributed by atoms with E-state index in [0.29, 0.717) is 6.04 Å². The molecule has 3 heterocycles. The number of hydrogen-bond donors (Lipinski definition) is 1. The molecule has 2 aliphatic rings. The van der Waals surface area contributed by atoms with Crippen molar-refractivity contribution in [1.82, 2.24) is 15.3 Å². The van der Waals surface area contributed by atoms with Crippen LogP contribution in [0.5, 0.6) is 0 Å². The predicted octanol–water partition coefficient (Wildman–Crippen LogP) is 5.09. The number of rotatable bonds is 4. The summed E-state index contributed by atoms with van der Waals surface area (Å²) in [5.41, 5.74) is 1.14. The van der Waals surface area contributed by atoms with Gasteiger partial charge in [0.15, 0.2) is 0 Å². The summed E-state index contributed by atoms with van der Waals surface area (Å²) in [6.07, 6.45) is 8.95. The van der Waals surface area contributed by atoms with Crippen LogP contribution >= 0.6 is 11.3 Å². The van der Waals surface area contributed by atoms with Crippen molar-refractivity contribution in [3.8, 4) is 0 Å². The standard InChI is InChI=1S/C21H31N3OS/c1-14-23-18(13-22-16-9-10-25-21(2,3)12-16)17-11-19(26-20(17)24-14)15-7-5-4-6-8-15/h11,15-16,22H,4-10,12-13H2,1-3H3. The second-order valence-electron chi connectivity index (χ2n) is 8.60. The third kappa shape index (κ3) is 4.10. The number of aromatic nitrogens is 2. The molecule has 1 saturated heterocycles. The van der Waals surface area contributed by atoms with Gasteiger partial charge >= 0.3 is 0 Å². The molecule has 0 radical (unpaired) electrons. The summed E-state index contributed by atoms with van der Waals surface area (Å²) in [5, 5.41) is 5.00. The normalized spacial score (nSPS) is 24.2. The summed E-state index contributed by atoms with van der Waals surface area (Å²) in [5.74, 6) is 1.62. The van der Waals surface area contributed by atoms with Gasteiger partial charge in [0.1, 0.15) is 10.7 Å². The van der Waals surface area contributed by atoms with Crippen LogP contribution in [0, 0.1) is 6.92 Å². The van der Waals surface area contributed by atoms with Gasteiger partial charge in [-0.25, -0.2) is 9.97 Å². The Kier molecular flexibility index (Phi) is 5.31. The maximum atomic E-state index is 5.84. The van der Waals surface area contributed by atoms with Crippen molar-refractivity contribution in [3.05, 3.63) is 22.5 Å². The molecule has 1 aliphatic carbocycles. The molecular weight excluding hydrogens is 342 g/mol. The first kappa shape index (κ1) is 18.3. The van der Waals surface area contributed by atoms with E-state index in [2.05, 4.69) is 25.2 Å². The largest absolute Gasteiger partial charge is 0.375 e. The molecule has 142 valence electrons. The van der Waals surface area contributed by atoms with E-state index >= 15 is 0 Å². The van der Waals surface area contributed by atoms with Gasteiger partial charge in [-0.05, 0) is 58.4 Å². The minimum atomic E-state index is -0.0244. The van der Waals surface area contributed by atoms with E-state index in [4.69, 9.17) is 14.7 Å². The smallest absolute Gasteiger partial charge is 0.127 e. The fourth-order valence-corrected chi connectivity index (χ4v) is 5.75. The summed E-state index contributed by atoms with van der Waals surface area (Å²) < 4.78 is 5.84. The lowest BCUT2D eigenvalue weighted by molar-refractivity contribution is -0.0630. The fraction of sp³-hybridized carbons (Fsp3) is 0.714. The average molecular weight is 374 g/mol. The summed E-state index contributed by atoms with van der Waals surface area (Å²) in [7, 11) is 0. The molecular formula is C21H31N3OS. The summed E-state index contributed by atoms with van der Waals surface area (Å²) in [6.45, 7) is 8.04. The van der Waals surface area contributed by atoms with E-state index in [1.807, 2.05) is 18.3 Å². The zero-order valence-electron chi connectivity index (χ0n) is 16.3. The van der Waals surface area contributed by atoms with E-state index in [9.17, 15) is 0 Å². The van der Waals surface area contributed by atoms with Crippen molar-refractivity contribution in [1.29, 1.82) is 0 Å². The molecule has 4 rings (SSSR count). The quantitative estimate of drug-likeness (QED) is 0.810. The molecule has 2 aromatic rings. The SMILES string of the molecule is Cc1nc(CNC2CCOC(C)(C)C2)c2cc(C3CCCCC3)sc2n1.